The lowest BCUT2D eigenvalue weighted by molar-refractivity contribution is 0.0743. The minimum Gasteiger partial charge on any atom is -0.337 e. The van der Waals surface area contributed by atoms with Gasteiger partial charge in [-0.2, -0.15) is 0 Å². The SMILES string of the molecule is Cc1noc2ncc(C(=O)N(C)C3CCNC3)cc12.Cl. The first-order chi connectivity index (χ1) is 9.16. The zero-order chi connectivity index (χ0) is 13.4. The number of fused-ring (bicyclic) bond motifs is 1. The van der Waals surface area contributed by atoms with Gasteiger partial charge in [0.25, 0.3) is 11.6 Å². The van der Waals surface area contributed by atoms with E-state index in [1.165, 1.54) is 0 Å². The molecule has 0 aliphatic carbocycles. The highest BCUT2D eigenvalue weighted by Gasteiger charge is 2.24. The summed E-state index contributed by atoms with van der Waals surface area (Å²) in [5.41, 5.74) is 1.80. The van der Waals surface area contributed by atoms with Crippen LogP contribution in [0.1, 0.15) is 22.5 Å². The molecule has 1 saturated heterocycles. The minimum absolute atomic E-state index is 0. The van der Waals surface area contributed by atoms with Gasteiger partial charge in [0.15, 0.2) is 0 Å². The first kappa shape index (κ1) is 14.7. The summed E-state index contributed by atoms with van der Waals surface area (Å²) >= 11 is 0. The maximum absolute atomic E-state index is 12.4. The van der Waals surface area contributed by atoms with Crippen LogP contribution < -0.4 is 5.32 Å². The van der Waals surface area contributed by atoms with E-state index in [4.69, 9.17) is 4.52 Å². The summed E-state index contributed by atoms with van der Waals surface area (Å²) in [4.78, 5) is 18.3. The highest BCUT2D eigenvalue weighted by molar-refractivity contribution is 5.97. The predicted molar refractivity (Wildman–Crippen MR) is 77.2 cm³/mol. The van der Waals surface area contributed by atoms with Crippen molar-refractivity contribution in [3.05, 3.63) is 23.5 Å². The first-order valence-corrected chi connectivity index (χ1v) is 6.36. The third-order valence-electron chi connectivity index (χ3n) is 3.66. The molecule has 108 valence electrons. The van der Waals surface area contributed by atoms with Crippen molar-refractivity contribution in [1.29, 1.82) is 0 Å². The minimum atomic E-state index is -0.0105. The lowest BCUT2D eigenvalue weighted by Crippen LogP contribution is -2.38. The number of likely N-dealkylation sites (N-methyl/N-ethyl adjacent to an activating group) is 1. The van der Waals surface area contributed by atoms with Gasteiger partial charge in [-0.15, -0.1) is 12.4 Å². The topological polar surface area (TPSA) is 71.3 Å². The van der Waals surface area contributed by atoms with Gasteiger partial charge in [0.1, 0.15) is 0 Å². The van der Waals surface area contributed by atoms with Crippen molar-refractivity contribution in [1.82, 2.24) is 20.4 Å². The summed E-state index contributed by atoms with van der Waals surface area (Å²) in [6.45, 7) is 3.65. The Kier molecular flexibility index (Phi) is 4.25. The van der Waals surface area contributed by atoms with Crippen LogP contribution in [-0.4, -0.2) is 47.1 Å². The molecular weight excluding hydrogens is 280 g/mol. The number of carbonyl (C=O) groups is 1. The maximum Gasteiger partial charge on any atom is 0.257 e. The third-order valence-corrected chi connectivity index (χ3v) is 3.66. The molecule has 7 heteroatoms. The standard InChI is InChI=1S/C13H16N4O2.ClH/c1-8-11-5-9(6-15-12(11)19-16-8)13(18)17(2)10-3-4-14-7-10;/h5-6,10,14H,3-4,7H2,1-2H3;1H. The quantitative estimate of drug-likeness (QED) is 0.907. The monoisotopic (exact) mass is 296 g/mol. The second kappa shape index (κ2) is 5.76. The van der Waals surface area contributed by atoms with Gasteiger partial charge in [0, 0.05) is 25.8 Å². The number of aryl methyl sites for hydroxylation is 1. The van der Waals surface area contributed by atoms with Crippen LogP contribution in [0.2, 0.25) is 0 Å². The van der Waals surface area contributed by atoms with Crippen molar-refractivity contribution in [3.63, 3.8) is 0 Å². The number of amides is 1. The van der Waals surface area contributed by atoms with E-state index in [9.17, 15) is 4.79 Å². The van der Waals surface area contributed by atoms with E-state index in [-0.39, 0.29) is 24.4 Å². The number of aromatic nitrogens is 2. The van der Waals surface area contributed by atoms with Crippen molar-refractivity contribution < 1.29 is 9.32 Å². The molecule has 1 aliphatic rings. The van der Waals surface area contributed by atoms with Crippen molar-refractivity contribution in [3.8, 4) is 0 Å². The van der Waals surface area contributed by atoms with Gasteiger partial charge in [0.2, 0.25) is 0 Å². The molecule has 1 unspecified atom stereocenters. The number of carbonyl (C=O) groups excluding carboxylic acids is 1. The molecule has 2 aromatic rings. The van der Waals surface area contributed by atoms with E-state index in [1.807, 2.05) is 14.0 Å². The molecule has 0 aromatic carbocycles. The van der Waals surface area contributed by atoms with Crippen LogP contribution in [0.25, 0.3) is 11.1 Å². The van der Waals surface area contributed by atoms with E-state index >= 15 is 0 Å². The highest BCUT2D eigenvalue weighted by atomic mass is 35.5. The summed E-state index contributed by atoms with van der Waals surface area (Å²) in [5.74, 6) is -0.0105. The molecule has 20 heavy (non-hydrogen) atoms. The summed E-state index contributed by atoms with van der Waals surface area (Å²) in [7, 11) is 1.84. The number of nitrogens with one attached hydrogen (secondary N) is 1. The number of hydrogen-bond donors (Lipinski definition) is 1. The fourth-order valence-electron chi connectivity index (χ4n) is 2.40. The smallest absolute Gasteiger partial charge is 0.257 e. The van der Waals surface area contributed by atoms with E-state index in [2.05, 4.69) is 15.5 Å². The predicted octanol–water partition coefficient (Wildman–Crippen LogP) is 1.39. The van der Waals surface area contributed by atoms with Gasteiger partial charge >= 0.3 is 0 Å². The third kappa shape index (κ3) is 2.48. The molecule has 3 rings (SSSR count). The summed E-state index contributed by atoms with van der Waals surface area (Å²) in [6.07, 6.45) is 2.54. The molecule has 1 atom stereocenters. The molecule has 0 radical (unpaired) electrons. The van der Waals surface area contributed by atoms with Gasteiger partial charge in [-0.3, -0.25) is 4.79 Å². The van der Waals surface area contributed by atoms with Crippen LogP contribution in [-0.2, 0) is 0 Å². The van der Waals surface area contributed by atoms with Gasteiger partial charge in [-0.25, -0.2) is 4.98 Å². The number of halogens is 1. The largest absolute Gasteiger partial charge is 0.337 e. The van der Waals surface area contributed by atoms with Crippen LogP contribution >= 0.6 is 12.4 Å². The maximum atomic E-state index is 12.4. The fraction of sp³-hybridized carbons (Fsp3) is 0.462. The Balaban J connectivity index is 0.00000147. The normalized spacial score (nSPS) is 18.0. The number of nitrogens with zero attached hydrogens (tertiary/aromatic N) is 3. The van der Waals surface area contributed by atoms with Crippen molar-refractivity contribution in [2.45, 2.75) is 19.4 Å². The van der Waals surface area contributed by atoms with E-state index in [0.29, 0.717) is 11.3 Å². The number of rotatable bonds is 2. The number of hydrogen-bond acceptors (Lipinski definition) is 5. The molecule has 1 aliphatic heterocycles. The Labute approximate surface area is 122 Å². The molecule has 6 nitrogen and oxygen atoms in total. The second-order valence-electron chi connectivity index (χ2n) is 4.91. The van der Waals surface area contributed by atoms with Crippen LogP contribution in [0.5, 0.6) is 0 Å². The first-order valence-electron chi connectivity index (χ1n) is 6.36. The van der Waals surface area contributed by atoms with Crippen molar-refractivity contribution in [2.24, 2.45) is 0 Å². The Morgan fingerprint density at radius 1 is 1.55 bits per heavy atom. The molecule has 2 aromatic heterocycles. The fourth-order valence-corrected chi connectivity index (χ4v) is 2.40. The molecule has 3 heterocycles. The van der Waals surface area contributed by atoms with Crippen molar-refractivity contribution >= 4 is 29.4 Å². The van der Waals surface area contributed by atoms with Crippen molar-refractivity contribution in [2.75, 3.05) is 20.1 Å². The molecule has 0 spiro atoms. The van der Waals surface area contributed by atoms with Gasteiger partial charge < -0.3 is 14.7 Å². The summed E-state index contributed by atoms with van der Waals surface area (Å²) in [5, 5.41) is 7.90. The van der Waals surface area contributed by atoms with Gasteiger partial charge in [-0.05, 0) is 26.0 Å². The summed E-state index contributed by atoms with van der Waals surface area (Å²) < 4.78 is 5.05. The van der Waals surface area contributed by atoms with Crippen LogP contribution in [0.15, 0.2) is 16.8 Å². The Hall–Kier alpha value is -1.66. The molecule has 0 bridgehead atoms. The highest BCUT2D eigenvalue weighted by Crippen LogP contribution is 2.18. The van der Waals surface area contributed by atoms with Crippen LogP contribution in [0, 0.1) is 6.92 Å². The average molecular weight is 297 g/mol. The second-order valence-corrected chi connectivity index (χ2v) is 4.91. The van der Waals surface area contributed by atoms with Crippen LogP contribution in [0.3, 0.4) is 0 Å². The molecule has 1 amide bonds. The lowest BCUT2D eigenvalue weighted by atomic mass is 10.1. The summed E-state index contributed by atoms with van der Waals surface area (Å²) in [6, 6.07) is 2.06. The molecular formula is C13H17ClN4O2. The van der Waals surface area contributed by atoms with Gasteiger partial charge in [0.05, 0.1) is 16.6 Å². The average Bonchev–Trinajstić information content (AvgIpc) is 3.07. The zero-order valence-corrected chi connectivity index (χ0v) is 12.2. The van der Waals surface area contributed by atoms with Gasteiger partial charge in [-0.1, -0.05) is 5.16 Å². The van der Waals surface area contributed by atoms with Crippen LogP contribution in [0.4, 0.5) is 0 Å². The van der Waals surface area contributed by atoms with E-state index in [1.54, 1.807) is 17.2 Å². The molecule has 1 N–H and O–H groups in total. The Bertz CT molecular complexity index is 622. The molecule has 0 saturated carbocycles. The Morgan fingerprint density at radius 3 is 3.05 bits per heavy atom. The zero-order valence-electron chi connectivity index (χ0n) is 11.4. The van der Waals surface area contributed by atoms with E-state index < -0.39 is 0 Å². The Morgan fingerprint density at radius 2 is 2.35 bits per heavy atom. The van der Waals surface area contributed by atoms with E-state index in [0.717, 1.165) is 30.6 Å². The lowest BCUT2D eigenvalue weighted by Gasteiger charge is -2.23. The number of pyridine rings is 1. The molecule has 1 fully saturated rings.